The van der Waals surface area contributed by atoms with Gasteiger partial charge in [-0.15, -0.1) is 0 Å². The molecule has 6 heteroatoms. The van der Waals surface area contributed by atoms with E-state index in [-0.39, 0.29) is 5.56 Å². The van der Waals surface area contributed by atoms with Gasteiger partial charge in [0.2, 0.25) is 0 Å². The van der Waals surface area contributed by atoms with E-state index in [9.17, 15) is 9.59 Å². The maximum atomic E-state index is 11.3. The van der Waals surface area contributed by atoms with Crippen molar-refractivity contribution in [1.82, 2.24) is 5.32 Å². The predicted octanol–water partition coefficient (Wildman–Crippen LogP) is 2.71. The molecule has 0 fully saturated rings. The number of hydrogen-bond acceptors (Lipinski definition) is 4. The second kappa shape index (κ2) is 6.96. The van der Waals surface area contributed by atoms with Crippen LogP contribution < -0.4 is 5.32 Å². The first-order valence-electron chi connectivity index (χ1n) is 6.05. The Morgan fingerprint density at radius 2 is 2.10 bits per heavy atom. The molecule has 0 aliphatic carbocycles. The van der Waals surface area contributed by atoms with Crippen LogP contribution >= 0.6 is 11.3 Å². The molecule has 0 spiro atoms. The molecule has 0 aromatic carbocycles. The molecular weight excluding hydrogens is 278 g/mol. The molecule has 0 saturated heterocycles. The summed E-state index contributed by atoms with van der Waals surface area (Å²) in [4.78, 5) is 22.2. The van der Waals surface area contributed by atoms with E-state index in [1.165, 1.54) is 11.3 Å². The van der Waals surface area contributed by atoms with E-state index in [4.69, 9.17) is 9.84 Å². The predicted molar refractivity (Wildman–Crippen MR) is 77.0 cm³/mol. The second-order valence-electron chi connectivity index (χ2n) is 4.98. The molecule has 0 unspecified atom stereocenters. The van der Waals surface area contributed by atoms with Crippen LogP contribution in [-0.2, 0) is 4.74 Å². The Kier molecular flexibility index (Phi) is 5.59. The highest BCUT2D eigenvalue weighted by atomic mass is 32.1. The Morgan fingerprint density at radius 3 is 2.70 bits per heavy atom. The number of hydrogen-bond donors (Lipinski definition) is 2. The molecule has 1 heterocycles. The number of ether oxygens (including phenoxy) is 1. The molecule has 1 amide bonds. The zero-order valence-corrected chi connectivity index (χ0v) is 12.5. The van der Waals surface area contributed by atoms with Crippen molar-refractivity contribution in [2.45, 2.75) is 32.8 Å². The Morgan fingerprint density at radius 1 is 1.40 bits per heavy atom. The van der Waals surface area contributed by atoms with Crippen molar-refractivity contribution >= 4 is 23.4 Å². The first-order valence-corrected chi connectivity index (χ1v) is 6.99. The normalized spacial score (nSPS) is 10.3. The number of aromatic carboxylic acids is 1. The lowest BCUT2D eigenvalue weighted by molar-refractivity contribution is 0.0528. The minimum Gasteiger partial charge on any atom is -0.478 e. The van der Waals surface area contributed by atoms with E-state index in [0.29, 0.717) is 18.5 Å². The van der Waals surface area contributed by atoms with Crippen molar-refractivity contribution < 1.29 is 19.4 Å². The van der Waals surface area contributed by atoms with Crippen molar-refractivity contribution in [3.63, 3.8) is 0 Å². The van der Waals surface area contributed by atoms with Gasteiger partial charge < -0.3 is 15.2 Å². The number of thiophene rings is 1. The summed E-state index contributed by atoms with van der Waals surface area (Å²) in [5, 5.41) is 14.7. The van der Waals surface area contributed by atoms with Crippen LogP contribution in [0.25, 0.3) is 0 Å². The first kappa shape index (κ1) is 16.1. The monoisotopic (exact) mass is 295 g/mol. The lowest BCUT2D eigenvalue weighted by Crippen LogP contribution is -2.32. The highest BCUT2D eigenvalue weighted by molar-refractivity contribution is 7.08. The van der Waals surface area contributed by atoms with E-state index in [1.54, 1.807) is 31.5 Å². The molecule has 0 aliphatic heterocycles. The van der Waals surface area contributed by atoms with Crippen LogP contribution in [0.5, 0.6) is 0 Å². The molecule has 0 radical (unpaired) electrons. The van der Waals surface area contributed by atoms with Gasteiger partial charge in [0, 0.05) is 29.3 Å². The van der Waals surface area contributed by atoms with Crippen molar-refractivity contribution in [3.05, 3.63) is 21.9 Å². The maximum absolute atomic E-state index is 11.3. The third-order valence-corrected chi connectivity index (χ3v) is 2.78. The van der Waals surface area contributed by atoms with Gasteiger partial charge in [-0.1, -0.05) is 11.8 Å². The van der Waals surface area contributed by atoms with E-state index < -0.39 is 17.7 Å². The number of alkyl carbamates (subject to hydrolysis) is 1. The molecule has 20 heavy (non-hydrogen) atoms. The van der Waals surface area contributed by atoms with Crippen molar-refractivity contribution in [1.29, 1.82) is 0 Å². The van der Waals surface area contributed by atoms with Gasteiger partial charge in [-0.2, -0.15) is 11.3 Å². The molecule has 1 aromatic rings. The summed E-state index contributed by atoms with van der Waals surface area (Å²) in [6, 6.07) is 0. The standard InChI is InChI=1S/C14H17NO4S/c1-14(2,3)19-13(18)15-7-5-4-6-10-8-20-9-11(10)12(16)17/h8-9H,5,7H2,1-3H3,(H,15,18)(H,16,17). The van der Waals surface area contributed by atoms with Gasteiger partial charge in [0.1, 0.15) is 5.60 Å². The number of nitrogens with one attached hydrogen (secondary N) is 1. The number of carboxylic acids is 1. The lowest BCUT2D eigenvalue weighted by atomic mass is 10.2. The van der Waals surface area contributed by atoms with Crippen LogP contribution in [0, 0.1) is 11.8 Å². The average Bonchev–Trinajstić information content (AvgIpc) is 2.74. The van der Waals surface area contributed by atoms with Gasteiger partial charge in [0.05, 0.1) is 5.56 Å². The molecule has 0 saturated carbocycles. The van der Waals surface area contributed by atoms with E-state index in [2.05, 4.69) is 17.2 Å². The van der Waals surface area contributed by atoms with Gasteiger partial charge in [-0.25, -0.2) is 9.59 Å². The molecule has 0 atom stereocenters. The highest BCUT2D eigenvalue weighted by Gasteiger charge is 2.15. The fraction of sp³-hybridized carbons (Fsp3) is 0.429. The topological polar surface area (TPSA) is 75.6 Å². The van der Waals surface area contributed by atoms with Crippen LogP contribution in [0.15, 0.2) is 10.8 Å². The fourth-order valence-electron chi connectivity index (χ4n) is 1.26. The SMILES string of the molecule is CC(C)(C)OC(=O)NCCC#Cc1cscc1C(=O)O. The molecule has 1 aromatic heterocycles. The lowest BCUT2D eigenvalue weighted by Gasteiger charge is -2.19. The Hall–Kier alpha value is -2.00. The van der Waals surface area contributed by atoms with Crippen LogP contribution in [-0.4, -0.2) is 29.3 Å². The van der Waals surface area contributed by atoms with Gasteiger partial charge in [-0.05, 0) is 20.8 Å². The zero-order valence-electron chi connectivity index (χ0n) is 11.6. The molecule has 1 rings (SSSR count). The Labute approximate surface area is 122 Å². The summed E-state index contributed by atoms with van der Waals surface area (Å²) in [5.74, 6) is 4.62. The first-order chi connectivity index (χ1) is 9.29. The fourth-order valence-corrected chi connectivity index (χ4v) is 2.01. The van der Waals surface area contributed by atoms with E-state index >= 15 is 0 Å². The largest absolute Gasteiger partial charge is 0.478 e. The average molecular weight is 295 g/mol. The second-order valence-corrected chi connectivity index (χ2v) is 5.73. The van der Waals surface area contributed by atoms with Gasteiger partial charge in [-0.3, -0.25) is 0 Å². The molecule has 2 N–H and O–H groups in total. The van der Waals surface area contributed by atoms with Crippen molar-refractivity contribution in [2.24, 2.45) is 0 Å². The molecular formula is C14H17NO4S. The molecule has 0 bridgehead atoms. The quantitative estimate of drug-likeness (QED) is 0.664. The summed E-state index contributed by atoms with van der Waals surface area (Å²) in [6.07, 6.45) is -0.0604. The Bertz CT molecular complexity index is 546. The van der Waals surface area contributed by atoms with Crippen molar-refractivity contribution in [3.8, 4) is 11.8 Å². The summed E-state index contributed by atoms with van der Waals surface area (Å²) >= 11 is 1.30. The third-order valence-electron chi connectivity index (χ3n) is 2.03. The third kappa shape index (κ3) is 5.76. The summed E-state index contributed by atoms with van der Waals surface area (Å²) in [6.45, 7) is 5.72. The van der Waals surface area contributed by atoms with Gasteiger partial charge in [0.25, 0.3) is 0 Å². The van der Waals surface area contributed by atoms with E-state index in [0.717, 1.165) is 0 Å². The summed E-state index contributed by atoms with van der Waals surface area (Å²) < 4.78 is 5.07. The minimum absolute atomic E-state index is 0.211. The van der Waals surface area contributed by atoms with Gasteiger partial charge in [0.15, 0.2) is 0 Å². The number of rotatable bonds is 3. The highest BCUT2D eigenvalue weighted by Crippen LogP contribution is 2.13. The van der Waals surface area contributed by atoms with Crippen LogP contribution in [0.1, 0.15) is 43.1 Å². The number of carbonyl (C=O) groups excluding carboxylic acids is 1. The molecule has 5 nitrogen and oxygen atoms in total. The summed E-state index contributed by atoms with van der Waals surface area (Å²) in [5.41, 5.74) is 0.186. The maximum Gasteiger partial charge on any atom is 0.407 e. The van der Waals surface area contributed by atoms with Crippen LogP contribution in [0.4, 0.5) is 4.79 Å². The van der Waals surface area contributed by atoms with Crippen LogP contribution in [0.3, 0.4) is 0 Å². The molecule has 108 valence electrons. The Balaban J connectivity index is 2.39. The van der Waals surface area contributed by atoms with Crippen molar-refractivity contribution in [2.75, 3.05) is 6.54 Å². The summed E-state index contributed by atoms with van der Waals surface area (Å²) in [7, 11) is 0. The number of amides is 1. The smallest absolute Gasteiger partial charge is 0.407 e. The minimum atomic E-state index is -0.984. The molecule has 0 aliphatic rings. The zero-order chi connectivity index (χ0) is 15.2. The number of carbonyl (C=O) groups is 2. The van der Waals surface area contributed by atoms with Crippen LogP contribution in [0.2, 0.25) is 0 Å². The van der Waals surface area contributed by atoms with Gasteiger partial charge >= 0.3 is 12.1 Å². The van der Waals surface area contributed by atoms with E-state index in [1.807, 2.05) is 0 Å². The number of carboxylic acid groups (broad SMARTS) is 1.